The van der Waals surface area contributed by atoms with Gasteiger partial charge in [0.15, 0.2) is 0 Å². The largest absolute Gasteiger partial charge is 0.493 e. The van der Waals surface area contributed by atoms with Crippen molar-refractivity contribution in [3.8, 4) is 5.75 Å². The van der Waals surface area contributed by atoms with Crippen LogP contribution in [0.4, 0.5) is 0 Å². The number of rotatable bonds is 8. The Labute approximate surface area is 173 Å². The number of halogens is 1. The number of hydrazone groups is 1. The first-order chi connectivity index (χ1) is 13.4. The minimum atomic E-state index is -0.733. The number of nitrogens with one attached hydrogen (secondary N) is 2. The standard InChI is InChI=1S/C21H24BrN3O3/c1-14(2)13-28-17-10-8-16(9-11-17)12-23-25-20(26)15(3)24-21(27)18-6-4-5-7-19(18)22/h4-12,14-15H,13H2,1-3H3,(H,24,27)(H,25,26). The van der Waals surface area contributed by atoms with Gasteiger partial charge in [-0.15, -0.1) is 0 Å². The van der Waals surface area contributed by atoms with Crippen LogP contribution in [0.2, 0.25) is 0 Å². The molecule has 0 aliphatic heterocycles. The third-order valence-electron chi connectivity index (χ3n) is 3.71. The molecule has 0 saturated heterocycles. The molecule has 0 saturated carbocycles. The normalized spacial score (nSPS) is 12.0. The van der Waals surface area contributed by atoms with Crippen LogP contribution in [0.15, 0.2) is 58.1 Å². The summed E-state index contributed by atoms with van der Waals surface area (Å²) >= 11 is 3.32. The molecule has 0 bridgehead atoms. The van der Waals surface area contributed by atoms with E-state index in [-0.39, 0.29) is 5.91 Å². The van der Waals surface area contributed by atoms with Crippen molar-refractivity contribution in [2.45, 2.75) is 26.8 Å². The van der Waals surface area contributed by atoms with E-state index in [1.165, 1.54) is 6.21 Å². The van der Waals surface area contributed by atoms with Gasteiger partial charge in [0.05, 0.1) is 18.4 Å². The number of amides is 2. The van der Waals surface area contributed by atoms with Crippen LogP contribution >= 0.6 is 15.9 Å². The fourth-order valence-corrected chi connectivity index (χ4v) is 2.63. The van der Waals surface area contributed by atoms with Crippen LogP contribution in [0, 0.1) is 5.92 Å². The average Bonchev–Trinajstić information content (AvgIpc) is 2.67. The number of hydrogen-bond donors (Lipinski definition) is 2. The van der Waals surface area contributed by atoms with Crippen molar-refractivity contribution in [1.29, 1.82) is 0 Å². The molecule has 2 amide bonds. The molecular formula is C21H24BrN3O3. The zero-order valence-corrected chi connectivity index (χ0v) is 17.7. The Morgan fingerprint density at radius 3 is 2.43 bits per heavy atom. The van der Waals surface area contributed by atoms with Gasteiger partial charge in [-0.1, -0.05) is 26.0 Å². The number of carbonyl (C=O) groups is 2. The molecule has 1 unspecified atom stereocenters. The third kappa shape index (κ3) is 6.81. The zero-order chi connectivity index (χ0) is 20.5. The first kappa shape index (κ1) is 21.6. The van der Waals surface area contributed by atoms with Gasteiger partial charge < -0.3 is 10.1 Å². The molecule has 2 N–H and O–H groups in total. The smallest absolute Gasteiger partial charge is 0.262 e. The van der Waals surface area contributed by atoms with Crippen molar-refractivity contribution in [3.05, 3.63) is 64.1 Å². The lowest BCUT2D eigenvalue weighted by molar-refractivity contribution is -0.122. The van der Waals surface area contributed by atoms with E-state index in [0.717, 1.165) is 11.3 Å². The molecule has 2 aromatic carbocycles. The summed E-state index contributed by atoms with van der Waals surface area (Å²) in [6.45, 7) is 6.44. The van der Waals surface area contributed by atoms with E-state index in [0.29, 0.717) is 22.6 Å². The molecular weight excluding hydrogens is 422 g/mol. The van der Waals surface area contributed by atoms with Gasteiger partial charge in [-0.25, -0.2) is 5.43 Å². The summed E-state index contributed by atoms with van der Waals surface area (Å²) in [5.74, 6) is 0.504. The fourth-order valence-electron chi connectivity index (χ4n) is 2.17. The highest BCUT2D eigenvalue weighted by Crippen LogP contribution is 2.15. The van der Waals surface area contributed by atoms with Crippen molar-refractivity contribution in [3.63, 3.8) is 0 Å². The van der Waals surface area contributed by atoms with E-state index in [2.05, 4.69) is 45.6 Å². The second kappa shape index (κ2) is 10.6. The van der Waals surface area contributed by atoms with E-state index in [1.54, 1.807) is 25.1 Å². The lowest BCUT2D eigenvalue weighted by Crippen LogP contribution is -2.43. The Bertz CT molecular complexity index is 835. The van der Waals surface area contributed by atoms with Crippen molar-refractivity contribution < 1.29 is 14.3 Å². The maximum absolute atomic E-state index is 12.2. The third-order valence-corrected chi connectivity index (χ3v) is 4.40. The second-order valence-electron chi connectivity index (χ2n) is 6.68. The second-order valence-corrected chi connectivity index (χ2v) is 7.54. The quantitative estimate of drug-likeness (QED) is 0.479. The van der Waals surface area contributed by atoms with E-state index >= 15 is 0 Å². The summed E-state index contributed by atoms with van der Waals surface area (Å²) in [5.41, 5.74) is 3.71. The van der Waals surface area contributed by atoms with E-state index in [9.17, 15) is 9.59 Å². The number of hydrogen-bond acceptors (Lipinski definition) is 4. The molecule has 6 nitrogen and oxygen atoms in total. The molecule has 0 radical (unpaired) electrons. The van der Waals surface area contributed by atoms with Crippen LogP contribution in [0.3, 0.4) is 0 Å². The highest BCUT2D eigenvalue weighted by atomic mass is 79.9. The first-order valence-corrected chi connectivity index (χ1v) is 9.77. The lowest BCUT2D eigenvalue weighted by Gasteiger charge is -2.12. The Kier molecular flexibility index (Phi) is 8.19. The van der Waals surface area contributed by atoms with Crippen molar-refractivity contribution >= 4 is 34.0 Å². The van der Waals surface area contributed by atoms with Crippen LogP contribution in [0.25, 0.3) is 0 Å². The highest BCUT2D eigenvalue weighted by molar-refractivity contribution is 9.10. The molecule has 2 rings (SSSR count). The molecule has 1 atom stereocenters. The van der Waals surface area contributed by atoms with Crippen LogP contribution in [-0.2, 0) is 4.79 Å². The van der Waals surface area contributed by atoms with Gasteiger partial charge in [-0.3, -0.25) is 9.59 Å². The molecule has 0 fully saturated rings. The summed E-state index contributed by atoms with van der Waals surface area (Å²) < 4.78 is 6.29. The van der Waals surface area contributed by atoms with Gasteiger partial charge in [0.2, 0.25) is 0 Å². The molecule has 0 heterocycles. The summed E-state index contributed by atoms with van der Waals surface area (Å²) in [7, 11) is 0. The molecule has 0 aliphatic rings. The van der Waals surface area contributed by atoms with Gasteiger partial charge in [-0.2, -0.15) is 5.10 Å². The molecule has 0 aliphatic carbocycles. The molecule has 7 heteroatoms. The van der Waals surface area contributed by atoms with Crippen LogP contribution in [0.1, 0.15) is 36.7 Å². The average molecular weight is 446 g/mol. The van der Waals surface area contributed by atoms with Crippen LogP contribution in [-0.4, -0.2) is 30.7 Å². The van der Waals surface area contributed by atoms with Gasteiger partial charge in [-0.05, 0) is 70.7 Å². The lowest BCUT2D eigenvalue weighted by atomic mass is 10.2. The molecule has 148 valence electrons. The van der Waals surface area contributed by atoms with Gasteiger partial charge >= 0.3 is 0 Å². The summed E-state index contributed by atoms with van der Waals surface area (Å²) in [4.78, 5) is 24.3. The Morgan fingerprint density at radius 1 is 1.11 bits per heavy atom. The van der Waals surface area contributed by atoms with Crippen molar-refractivity contribution in [2.75, 3.05) is 6.61 Å². The van der Waals surface area contributed by atoms with Crippen molar-refractivity contribution in [1.82, 2.24) is 10.7 Å². The topological polar surface area (TPSA) is 79.8 Å². The Hall–Kier alpha value is -2.67. The van der Waals surface area contributed by atoms with Gasteiger partial charge in [0.1, 0.15) is 11.8 Å². The monoisotopic (exact) mass is 445 g/mol. The number of nitrogens with zero attached hydrogens (tertiary/aromatic N) is 1. The van der Waals surface area contributed by atoms with Crippen molar-refractivity contribution in [2.24, 2.45) is 11.0 Å². The summed E-state index contributed by atoms with van der Waals surface area (Å²) in [6, 6.07) is 13.7. The van der Waals surface area contributed by atoms with Crippen LogP contribution < -0.4 is 15.5 Å². The number of ether oxygens (including phenoxy) is 1. The van der Waals surface area contributed by atoms with Gasteiger partial charge in [0.25, 0.3) is 11.8 Å². The van der Waals surface area contributed by atoms with E-state index in [1.807, 2.05) is 30.3 Å². The summed E-state index contributed by atoms with van der Waals surface area (Å²) in [5, 5.41) is 6.58. The molecule has 0 spiro atoms. The van der Waals surface area contributed by atoms with Gasteiger partial charge in [0, 0.05) is 4.47 Å². The predicted molar refractivity (Wildman–Crippen MR) is 114 cm³/mol. The fraction of sp³-hybridized carbons (Fsp3) is 0.286. The SMILES string of the molecule is CC(C)COc1ccc(C=NNC(=O)C(C)NC(=O)c2ccccc2Br)cc1. The Balaban J connectivity index is 1.83. The number of carbonyl (C=O) groups excluding carboxylic acids is 2. The maximum atomic E-state index is 12.2. The minimum absolute atomic E-state index is 0.337. The zero-order valence-electron chi connectivity index (χ0n) is 16.1. The molecule has 0 aromatic heterocycles. The van der Waals surface area contributed by atoms with E-state index in [4.69, 9.17) is 4.74 Å². The minimum Gasteiger partial charge on any atom is -0.493 e. The predicted octanol–water partition coefficient (Wildman–Crippen LogP) is 3.75. The van der Waals surface area contributed by atoms with Crippen LogP contribution in [0.5, 0.6) is 5.75 Å². The molecule has 28 heavy (non-hydrogen) atoms. The maximum Gasteiger partial charge on any atom is 0.262 e. The number of benzene rings is 2. The first-order valence-electron chi connectivity index (χ1n) is 8.98. The highest BCUT2D eigenvalue weighted by Gasteiger charge is 2.17. The van der Waals surface area contributed by atoms with E-state index < -0.39 is 11.9 Å². The summed E-state index contributed by atoms with van der Waals surface area (Å²) in [6.07, 6.45) is 1.53. The Morgan fingerprint density at radius 2 is 1.79 bits per heavy atom. The molecule has 2 aromatic rings.